The number of benzene rings is 2. The number of methoxy groups -OCH3 is 1. The van der Waals surface area contributed by atoms with Crippen LogP contribution in [0.5, 0.6) is 5.75 Å². The van der Waals surface area contributed by atoms with Crippen LogP contribution in [0.25, 0.3) is 0 Å². The monoisotopic (exact) mass is 384 g/mol. The van der Waals surface area contributed by atoms with Crippen molar-refractivity contribution < 1.29 is 27.8 Å². The number of carbonyl (C=O) groups is 2. The maximum atomic E-state index is 13.1. The van der Waals surface area contributed by atoms with Crippen molar-refractivity contribution in [2.75, 3.05) is 13.7 Å². The Kier molecular flexibility index (Phi) is 5.44. The highest BCUT2D eigenvalue weighted by Crippen LogP contribution is 2.23. The van der Waals surface area contributed by atoms with Gasteiger partial charge in [-0.05, 0) is 52.3 Å². The number of Topliss-reactive ketones (excluding diaryl/α,β-unsaturated/α-hetero) is 1. The molecule has 0 spiro atoms. The molecule has 120 valence electrons. The van der Waals surface area contributed by atoms with Crippen molar-refractivity contribution in [3.63, 3.8) is 0 Å². The lowest BCUT2D eigenvalue weighted by atomic mass is 10.1. The molecule has 0 atom stereocenters. The predicted molar refractivity (Wildman–Crippen MR) is 81.7 cm³/mol. The lowest BCUT2D eigenvalue weighted by Gasteiger charge is -2.08. The molecule has 2 aromatic carbocycles. The van der Waals surface area contributed by atoms with Crippen LogP contribution in [0, 0.1) is 11.6 Å². The highest BCUT2D eigenvalue weighted by molar-refractivity contribution is 9.10. The summed E-state index contributed by atoms with van der Waals surface area (Å²) >= 11 is 3.20. The zero-order valence-corrected chi connectivity index (χ0v) is 13.5. The summed E-state index contributed by atoms with van der Waals surface area (Å²) in [4.78, 5) is 23.8. The van der Waals surface area contributed by atoms with E-state index in [4.69, 9.17) is 9.47 Å². The second-order valence-electron chi connectivity index (χ2n) is 4.47. The summed E-state index contributed by atoms with van der Waals surface area (Å²) in [5.41, 5.74) is 0.101. The van der Waals surface area contributed by atoms with Gasteiger partial charge in [0.1, 0.15) is 5.75 Å². The van der Waals surface area contributed by atoms with E-state index in [9.17, 15) is 18.4 Å². The van der Waals surface area contributed by atoms with Crippen LogP contribution in [0.15, 0.2) is 40.9 Å². The van der Waals surface area contributed by atoms with Crippen LogP contribution in [0.4, 0.5) is 8.78 Å². The SMILES string of the molecule is COc1ccc(Br)c(C(=O)OCC(=O)c2ccc(F)c(F)c2)c1. The zero-order chi connectivity index (χ0) is 17.0. The van der Waals surface area contributed by atoms with E-state index in [0.717, 1.165) is 18.2 Å². The molecule has 0 unspecified atom stereocenters. The molecule has 23 heavy (non-hydrogen) atoms. The van der Waals surface area contributed by atoms with Crippen molar-refractivity contribution in [1.82, 2.24) is 0 Å². The van der Waals surface area contributed by atoms with E-state index in [-0.39, 0.29) is 11.1 Å². The summed E-state index contributed by atoms with van der Waals surface area (Å²) in [6.45, 7) is -0.590. The summed E-state index contributed by atoms with van der Waals surface area (Å²) in [6, 6.07) is 7.42. The fourth-order valence-electron chi connectivity index (χ4n) is 1.75. The van der Waals surface area contributed by atoms with Gasteiger partial charge in [-0.3, -0.25) is 4.79 Å². The Balaban J connectivity index is 2.06. The van der Waals surface area contributed by atoms with Gasteiger partial charge in [-0.25, -0.2) is 13.6 Å². The Bertz CT molecular complexity index is 762. The molecule has 0 bridgehead atoms. The van der Waals surface area contributed by atoms with Crippen LogP contribution in [0.3, 0.4) is 0 Å². The Labute approximate surface area is 139 Å². The fourth-order valence-corrected chi connectivity index (χ4v) is 2.16. The van der Waals surface area contributed by atoms with Crippen molar-refractivity contribution in [2.45, 2.75) is 0 Å². The second-order valence-corrected chi connectivity index (χ2v) is 5.33. The van der Waals surface area contributed by atoms with E-state index in [1.807, 2.05) is 0 Å². The largest absolute Gasteiger partial charge is 0.497 e. The van der Waals surface area contributed by atoms with Crippen molar-refractivity contribution in [2.24, 2.45) is 0 Å². The molecule has 0 saturated heterocycles. The van der Waals surface area contributed by atoms with Gasteiger partial charge in [0.15, 0.2) is 24.0 Å². The van der Waals surface area contributed by atoms with Crippen LogP contribution in [0.1, 0.15) is 20.7 Å². The molecular formula is C16H11BrF2O4. The normalized spacial score (nSPS) is 10.3. The number of hydrogen-bond donors (Lipinski definition) is 0. The molecule has 0 fully saturated rings. The molecular weight excluding hydrogens is 374 g/mol. The summed E-state index contributed by atoms with van der Waals surface area (Å²) < 4.78 is 36.3. The van der Waals surface area contributed by atoms with Crippen LogP contribution in [-0.2, 0) is 4.74 Å². The standard InChI is InChI=1S/C16H11BrF2O4/c1-22-10-3-4-12(17)11(7-10)16(21)23-8-15(20)9-2-5-13(18)14(19)6-9/h2-7H,8H2,1H3. The van der Waals surface area contributed by atoms with Gasteiger partial charge >= 0.3 is 5.97 Å². The quantitative estimate of drug-likeness (QED) is 0.581. The Morgan fingerprint density at radius 1 is 1.09 bits per heavy atom. The molecule has 2 aromatic rings. The molecule has 0 saturated carbocycles. The lowest BCUT2D eigenvalue weighted by molar-refractivity contribution is 0.0473. The number of halogens is 3. The van der Waals surface area contributed by atoms with Crippen LogP contribution in [0.2, 0.25) is 0 Å². The first-order chi connectivity index (χ1) is 10.9. The minimum absolute atomic E-state index is 0.0820. The van der Waals surface area contributed by atoms with Gasteiger partial charge < -0.3 is 9.47 Å². The number of esters is 1. The van der Waals surface area contributed by atoms with Crippen molar-refractivity contribution in [1.29, 1.82) is 0 Å². The van der Waals surface area contributed by atoms with E-state index in [2.05, 4.69) is 15.9 Å². The molecule has 0 heterocycles. The minimum Gasteiger partial charge on any atom is -0.497 e. The number of hydrogen-bond acceptors (Lipinski definition) is 4. The molecule has 4 nitrogen and oxygen atoms in total. The summed E-state index contributed by atoms with van der Waals surface area (Å²) in [6.07, 6.45) is 0. The summed E-state index contributed by atoms with van der Waals surface area (Å²) in [7, 11) is 1.45. The first-order valence-corrected chi connectivity index (χ1v) is 7.20. The van der Waals surface area contributed by atoms with Crippen molar-refractivity contribution in [3.05, 3.63) is 63.6 Å². The van der Waals surface area contributed by atoms with E-state index in [1.165, 1.54) is 13.2 Å². The zero-order valence-electron chi connectivity index (χ0n) is 11.9. The Hall–Kier alpha value is -2.28. The third-order valence-corrected chi connectivity index (χ3v) is 3.66. The molecule has 0 aliphatic rings. The van der Waals surface area contributed by atoms with E-state index in [0.29, 0.717) is 10.2 Å². The maximum absolute atomic E-state index is 13.1. The third-order valence-electron chi connectivity index (χ3n) is 2.97. The average Bonchev–Trinajstić information content (AvgIpc) is 2.55. The Morgan fingerprint density at radius 3 is 2.48 bits per heavy atom. The molecule has 0 aromatic heterocycles. The molecule has 7 heteroatoms. The van der Waals surface area contributed by atoms with Gasteiger partial charge in [-0.2, -0.15) is 0 Å². The van der Waals surface area contributed by atoms with Gasteiger partial charge in [0.2, 0.25) is 0 Å². The minimum atomic E-state index is -1.14. The number of ether oxygens (including phenoxy) is 2. The first-order valence-electron chi connectivity index (χ1n) is 6.41. The molecule has 0 aliphatic carbocycles. The lowest BCUT2D eigenvalue weighted by Crippen LogP contribution is -2.15. The highest BCUT2D eigenvalue weighted by atomic mass is 79.9. The Morgan fingerprint density at radius 2 is 1.83 bits per heavy atom. The third kappa shape index (κ3) is 4.13. The molecule has 2 rings (SSSR count). The first kappa shape index (κ1) is 17.1. The highest BCUT2D eigenvalue weighted by Gasteiger charge is 2.16. The van der Waals surface area contributed by atoms with Crippen LogP contribution < -0.4 is 4.74 Å². The topological polar surface area (TPSA) is 52.6 Å². The molecule has 0 amide bonds. The van der Waals surface area contributed by atoms with Gasteiger partial charge in [0.25, 0.3) is 0 Å². The van der Waals surface area contributed by atoms with E-state index < -0.39 is 30.0 Å². The van der Waals surface area contributed by atoms with Gasteiger partial charge in [-0.1, -0.05) is 0 Å². The van der Waals surface area contributed by atoms with Gasteiger partial charge in [0, 0.05) is 10.0 Å². The van der Waals surface area contributed by atoms with E-state index >= 15 is 0 Å². The maximum Gasteiger partial charge on any atom is 0.339 e. The summed E-state index contributed by atoms with van der Waals surface area (Å²) in [5, 5.41) is 0. The van der Waals surface area contributed by atoms with Gasteiger partial charge in [-0.15, -0.1) is 0 Å². The molecule has 0 N–H and O–H groups in total. The van der Waals surface area contributed by atoms with Crippen LogP contribution in [-0.4, -0.2) is 25.5 Å². The van der Waals surface area contributed by atoms with Crippen molar-refractivity contribution >= 4 is 27.7 Å². The van der Waals surface area contributed by atoms with Crippen molar-refractivity contribution in [3.8, 4) is 5.75 Å². The molecule has 0 radical (unpaired) electrons. The summed E-state index contributed by atoms with van der Waals surface area (Å²) in [5.74, 6) is -3.13. The number of rotatable bonds is 5. The van der Waals surface area contributed by atoms with E-state index in [1.54, 1.807) is 12.1 Å². The number of ketones is 1. The number of carbonyl (C=O) groups excluding carboxylic acids is 2. The smallest absolute Gasteiger partial charge is 0.339 e. The average molecular weight is 385 g/mol. The predicted octanol–water partition coefficient (Wildman–Crippen LogP) is 3.78. The molecule has 0 aliphatic heterocycles. The second kappa shape index (κ2) is 7.32. The fraction of sp³-hybridized carbons (Fsp3) is 0.125. The van der Waals surface area contributed by atoms with Crippen LogP contribution >= 0.6 is 15.9 Å². The van der Waals surface area contributed by atoms with Gasteiger partial charge in [0.05, 0.1) is 12.7 Å².